The Bertz CT molecular complexity index is 583. The third-order valence-electron chi connectivity index (χ3n) is 2.22. The molecule has 0 radical (unpaired) electrons. The topological polar surface area (TPSA) is 92.5 Å². The third-order valence-corrected chi connectivity index (χ3v) is 2.22. The van der Waals surface area contributed by atoms with Crippen molar-refractivity contribution in [3.63, 3.8) is 0 Å². The van der Waals surface area contributed by atoms with Gasteiger partial charge in [0, 0.05) is 0 Å². The summed E-state index contributed by atoms with van der Waals surface area (Å²) >= 11 is 0. The standard InChI is InChI=1S/C11H10N2O4/c1-17-11-10-6(3-2-4-7(10)14)12-8(13-11)5-9(15)16/h2-4,14H,5H2,1H3,(H,15,16). The molecule has 0 spiro atoms. The van der Waals surface area contributed by atoms with Crippen molar-refractivity contribution in [2.24, 2.45) is 0 Å². The van der Waals surface area contributed by atoms with Crippen molar-refractivity contribution in [2.75, 3.05) is 7.11 Å². The summed E-state index contributed by atoms with van der Waals surface area (Å²) in [6.45, 7) is 0. The zero-order valence-corrected chi connectivity index (χ0v) is 9.04. The Labute approximate surface area is 96.5 Å². The average molecular weight is 234 g/mol. The summed E-state index contributed by atoms with van der Waals surface area (Å²) in [5.74, 6) is -0.704. The van der Waals surface area contributed by atoms with Crippen molar-refractivity contribution in [1.82, 2.24) is 9.97 Å². The second-order valence-electron chi connectivity index (χ2n) is 3.39. The maximum absolute atomic E-state index is 10.6. The number of phenols is 1. The lowest BCUT2D eigenvalue weighted by Crippen LogP contribution is -2.06. The molecule has 0 unspecified atom stereocenters. The minimum atomic E-state index is -1.02. The van der Waals surface area contributed by atoms with Crippen molar-refractivity contribution >= 4 is 16.9 Å². The first-order chi connectivity index (χ1) is 8.11. The molecular weight excluding hydrogens is 224 g/mol. The van der Waals surface area contributed by atoms with E-state index in [-0.39, 0.29) is 23.9 Å². The molecule has 0 atom stereocenters. The number of nitrogens with zero attached hydrogens (tertiary/aromatic N) is 2. The van der Waals surface area contributed by atoms with Gasteiger partial charge in [0.2, 0.25) is 5.88 Å². The number of phenolic OH excluding ortho intramolecular Hbond substituents is 1. The highest BCUT2D eigenvalue weighted by molar-refractivity contribution is 5.89. The van der Waals surface area contributed by atoms with Crippen LogP contribution in [0.15, 0.2) is 18.2 Å². The molecule has 1 aromatic carbocycles. The van der Waals surface area contributed by atoms with Crippen LogP contribution >= 0.6 is 0 Å². The number of methoxy groups -OCH3 is 1. The van der Waals surface area contributed by atoms with Crippen LogP contribution < -0.4 is 4.74 Å². The molecular formula is C11H10N2O4. The monoisotopic (exact) mass is 234 g/mol. The Balaban J connectivity index is 2.66. The van der Waals surface area contributed by atoms with Crippen LogP contribution in [0.1, 0.15) is 5.82 Å². The molecule has 2 N–H and O–H groups in total. The summed E-state index contributed by atoms with van der Waals surface area (Å²) in [5.41, 5.74) is 0.452. The maximum Gasteiger partial charge on any atom is 0.311 e. The lowest BCUT2D eigenvalue weighted by atomic mass is 10.2. The molecule has 1 heterocycles. The number of hydrogen-bond donors (Lipinski definition) is 2. The van der Waals surface area contributed by atoms with Gasteiger partial charge in [0.05, 0.1) is 12.6 Å². The van der Waals surface area contributed by atoms with Gasteiger partial charge in [0.25, 0.3) is 0 Å². The summed E-state index contributed by atoms with van der Waals surface area (Å²) in [6, 6.07) is 4.77. The quantitative estimate of drug-likeness (QED) is 0.822. The summed E-state index contributed by atoms with van der Waals surface area (Å²) in [6.07, 6.45) is -0.290. The summed E-state index contributed by atoms with van der Waals surface area (Å²) in [7, 11) is 1.40. The second-order valence-corrected chi connectivity index (χ2v) is 3.39. The van der Waals surface area contributed by atoms with Crippen LogP contribution in [0.4, 0.5) is 0 Å². The zero-order chi connectivity index (χ0) is 12.4. The lowest BCUT2D eigenvalue weighted by Gasteiger charge is -2.07. The van der Waals surface area contributed by atoms with E-state index in [2.05, 4.69) is 9.97 Å². The van der Waals surface area contributed by atoms with Crippen LogP contribution in [0, 0.1) is 0 Å². The predicted octanol–water partition coefficient (Wildman–Crippen LogP) is 0.971. The summed E-state index contributed by atoms with van der Waals surface area (Å²) < 4.78 is 5.03. The van der Waals surface area contributed by atoms with Crippen molar-refractivity contribution in [1.29, 1.82) is 0 Å². The minimum absolute atomic E-state index is 0.00113. The van der Waals surface area contributed by atoms with Crippen molar-refractivity contribution in [3.05, 3.63) is 24.0 Å². The van der Waals surface area contributed by atoms with Gasteiger partial charge < -0.3 is 14.9 Å². The number of carbonyl (C=O) groups is 1. The van der Waals surface area contributed by atoms with Crippen LogP contribution in [-0.4, -0.2) is 33.3 Å². The molecule has 0 aliphatic heterocycles. The molecule has 0 saturated carbocycles. The number of fused-ring (bicyclic) bond motifs is 1. The predicted molar refractivity (Wildman–Crippen MR) is 59.1 cm³/mol. The zero-order valence-electron chi connectivity index (χ0n) is 9.04. The minimum Gasteiger partial charge on any atom is -0.507 e. The van der Waals surface area contributed by atoms with Gasteiger partial charge in [-0.05, 0) is 12.1 Å². The van der Waals surface area contributed by atoms with Crippen LogP contribution in [0.5, 0.6) is 11.6 Å². The highest BCUT2D eigenvalue weighted by Gasteiger charge is 2.13. The molecule has 0 saturated heterocycles. The van der Waals surface area contributed by atoms with E-state index in [1.807, 2.05) is 0 Å². The number of hydrogen-bond acceptors (Lipinski definition) is 5. The van der Waals surface area contributed by atoms with Gasteiger partial charge in [0.1, 0.15) is 23.4 Å². The highest BCUT2D eigenvalue weighted by atomic mass is 16.5. The van der Waals surface area contributed by atoms with Gasteiger partial charge in [-0.15, -0.1) is 0 Å². The van der Waals surface area contributed by atoms with E-state index in [9.17, 15) is 9.90 Å². The van der Waals surface area contributed by atoms with Gasteiger partial charge >= 0.3 is 5.97 Å². The van der Waals surface area contributed by atoms with Crippen molar-refractivity contribution in [3.8, 4) is 11.6 Å². The van der Waals surface area contributed by atoms with Gasteiger partial charge in [-0.3, -0.25) is 4.79 Å². The van der Waals surface area contributed by atoms with Crippen molar-refractivity contribution < 1.29 is 19.7 Å². The highest BCUT2D eigenvalue weighted by Crippen LogP contribution is 2.30. The fraction of sp³-hybridized carbons (Fsp3) is 0.182. The van der Waals surface area contributed by atoms with E-state index in [1.165, 1.54) is 13.2 Å². The van der Waals surface area contributed by atoms with E-state index in [0.29, 0.717) is 10.9 Å². The Morgan fingerprint density at radius 3 is 2.82 bits per heavy atom. The number of carboxylic acids is 1. The summed E-state index contributed by atoms with van der Waals surface area (Å²) in [5, 5.41) is 18.7. The maximum atomic E-state index is 10.6. The van der Waals surface area contributed by atoms with Crippen LogP contribution in [0.2, 0.25) is 0 Å². The molecule has 0 amide bonds. The largest absolute Gasteiger partial charge is 0.507 e. The van der Waals surface area contributed by atoms with Crippen LogP contribution in [-0.2, 0) is 11.2 Å². The number of aliphatic carboxylic acids is 1. The summed E-state index contributed by atoms with van der Waals surface area (Å²) in [4.78, 5) is 18.6. The van der Waals surface area contributed by atoms with Gasteiger partial charge in [-0.25, -0.2) is 4.98 Å². The lowest BCUT2D eigenvalue weighted by molar-refractivity contribution is -0.136. The second kappa shape index (κ2) is 4.25. The molecule has 6 heteroatoms. The Kier molecular flexibility index (Phi) is 2.78. The smallest absolute Gasteiger partial charge is 0.311 e. The fourth-order valence-electron chi connectivity index (χ4n) is 1.54. The Hall–Kier alpha value is -2.37. The molecule has 2 aromatic rings. The SMILES string of the molecule is COc1nc(CC(=O)O)nc2cccc(O)c12. The first-order valence-corrected chi connectivity index (χ1v) is 4.86. The molecule has 0 fully saturated rings. The third kappa shape index (κ3) is 2.10. The first-order valence-electron chi connectivity index (χ1n) is 4.86. The van der Waals surface area contributed by atoms with E-state index in [1.54, 1.807) is 12.1 Å². The van der Waals surface area contributed by atoms with Crippen molar-refractivity contribution in [2.45, 2.75) is 6.42 Å². The molecule has 0 aliphatic rings. The normalized spacial score (nSPS) is 10.4. The first kappa shape index (κ1) is 11.1. The van der Waals surface area contributed by atoms with Gasteiger partial charge in [-0.2, -0.15) is 4.98 Å². The molecule has 17 heavy (non-hydrogen) atoms. The van der Waals surface area contributed by atoms with E-state index < -0.39 is 5.97 Å². The van der Waals surface area contributed by atoms with Crippen LogP contribution in [0.3, 0.4) is 0 Å². The molecule has 88 valence electrons. The molecule has 6 nitrogen and oxygen atoms in total. The number of aromatic hydroxyl groups is 1. The van der Waals surface area contributed by atoms with Crippen LogP contribution in [0.25, 0.3) is 10.9 Å². The Morgan fingerprint density at radius 1 is 1.41 bits per heavy atom. The van der Waals surface area contributed by atoms with E-state index in [0.717, 1.165) is 0 Å². The molecule has 1 aromatic heterocycles. The molecule has 0 bridgehead atoms. The molecule has 2 rings (SSSR count). The van der Waals surface area contributed by atoms with E-state index >= 15 is 0 Å². The number of ether oxygens (including phenoxy) is 1. The van der Waals surface area contributed by atoms with E-state index in [4.69, 9.17) is 9.84 Å². The number of rotatable bonds is 3. The number of benzene rings is 1. The number of aromatic nitrogens is 2. The fourth-order valence-corrected chi connectivity index (χ4v) is 1.54. The number of carboxylic acid groups (broad SMARTS) is 1. The van der Waals surface area contributed by atoms with Gasteiger partial charge in [0.15, 0.2) is 0 Å². The average Bonchev–Trinajstić information content (AvgIpc) is 2.27. The van der Waals surface area contributed by atoms with Gasteiger partial charge in [-0.1, -0.05) is 6.07 Å². The molecule has 0 aliphatic carbocycles. The Morgan fingerprint density at radius 2 is 2.18 bits per heavy atom.